The fraction of sp³-hybridized carbons (Fsp3) is 0.0667. The number of anilines is 2. The Bertz CT molecular complexity index is 758. The number of benzene rings is 2. The summed E-state index contributed by atoms with van der Waals surface area (Å²) in [6.45, 7) is 0.583. The van der Waals surface area contributed by atoms with Crippen molar-refractivity contribution < 1.29 is 0 Å². The second-order valence-electron chi connectivity index (χ2n) is 4.39. The van der Waals surface area contributed by atoms with Crippen LogP contribution in [0.2, 0.25) is 5.02 Å². The number of para-hydroxylation sites is 1. The second kappa shape index (κ2) is 5.35. The Kier molecular flexibility index (Phi) is 3.39. The molecule has 0 unspecified atom stereocenters. The smallest absolute Gasteiger partial charge is 0.222 e. The van der Waals surface area contributed by atoms with E-state index in [1.54, 1.807) is 0 Å². The third-order valence-electron chi connectivity index (χ3n) is 3.02. The highest BCUT2D eigenvalue weighted by Gasteiger charge is 2.06. The van der Waals surface area contributed by atoms with Crippen LogP contribution in [-0.4, -0.2) is 9.97 Å². The number of nitrogens with one attached hydrogen (secondary N) is 1. The molecule has 1 heterocycles. The minimum atomic E-state index is 0.255. The van der Waals surface area contributed by atoms with Gasteiger partial charge in [0.1, 0.15) is 5.82 Å². The summed E-state index contributed by atoms with van der Waals surface area (Å²) in [5.74, 6) is 0.971. The number of aromatic nitrogens is 2. The van der Waals surface area contributed by atoms with Crippen LogP contribution in [0.5, 0.6) is 0 Å². The third-order valence-corrected chi connectivity index (χ3v) is 3.39. The molecule has 0 radical (unpaired) electrons. The van der Waals surface area contributed by atoms with Gasteiger partial charge in [0.2, 0.25) is 5.95 Å². The first kappa shape index (κ1) is 12.7. The summed E-state index contributed by atoms with van der Waals surface area (Å²) in [5.41, 5.74) is 7.57. The Balaban J connectivity index is 1.93. The first-order valence-corrected chi connectivity index (χ1v) is 6.61. The lowest BCUT2D eigenvalue weighted by molar-refractivity contribution is 1.11. The van der Waals surface area contributed by atoms with Crippen molar-refractivity contribution in [1.82, 2.24) is 9.97 Å². The summed E-state index contributed by atoms with van der Waals surface area (Å²) in [7, 11) is 0. The van der Waals surface area contributed by atoms with E-state index in [9.17, 15) is 0 Å². The molecule has 3 N–H and O–H groups in total. The first-order chi connectivity index (χ1) is 9.74. The fourth-order valence-corrected chi connectivity index (χ4v) is 2.25. The second-order valence-corrected chi connectivity index (χ2v) is 4.80. The SMILES string of the molecule is Nc1nc(NCc2ccccc2Cl)c2ccccc2n1. The van der Waals surface area contributed by atoms with Crippen molar-refractivity contribution in [3.05, 3.63) is 59.1 Å². The molecule has 3 rings (SSSR count). The van der Waals surface area contributed by atoms with E-state index in [2.05, 4.69) is 15.3 Å². The van der Waals surface area contributed by atoms with Crippen molar-refractivity contribution in [3.63, 3.8) is 0 Å². The highest BCUT2D eigenvalue weighted by Crippen LogP contribution is 2.22. The molecule has 0 saturated heterocycles. The van der Waals surface area contributed by atoms with Crippen LogP contribution in [0, 0.1) is 0 Å². The summed E-state index contributed by atoms with van der Waals surface area (Å²) in [5, 5.41) is 4.94. The zero-order chi connectivity index (χ0) is 13.9. The van der Waals surface area contributed by atoms with Crippen LogP contribution in [0.4, 0.5) is 11.8 Å². The normalized spacial score (nSPS) is 10.7. The highest BCUT2D eigenvalue weighted by molar-refractivity contribution is 6.31. The van der Waals surface area contributed by atoms with Crippen LogP contribution < -0.4 is 11.1 Å². The Morgan fingerprint density at radius 1 is 1.00 bits per heavy atom. The summed E-state index contributed by atoms with van der Waals surface area (Å²) in [6.07, 6.45) is 0. The van der Waals surface area contributed by atoms with Crippen molar-refractivity contribution in [1.29, 1.82) is 0 Å². The molecule has 0 aliphatic heterocycles. The monoisotopic (exact) mass is 284 g/mol. The van der Waals surface area contributed by atoms with Gasteiger partial charge in [-0.3, -0.25) is 0 Å². The third kappa shape index (κ3) is 2.51. The minimum absolute atomic E-state index is 0.255. The minimum Gasteiger partial charge on any atom is -0.368 e. The Labute approximate surface area is 121 Å². The summed E-state index contributed by atoms with van der Waals surface area (Å²) in [6, 6.07) is 15.4. The number of halogens is 1. The zero-order valence-electron chi connectivity index (χ0n) is 10.7. The molecule has 0 bridgehead atoms. The molecule has 2 aromatic carbocycles. The van der Waals surface area contributed by atoms with Crippen LogP contribution >= 0.6 is 11.6 Å². The van der Waals surface area contributed by atoms with Crippen LogP contribution in [0.25, 0.3) is 10.9 Å². The van der Waals surface area contributed by atoms with Gasteiger partial charge >= 0.3 is 0 Å². The molecular formula is C15H13ClN4. The van der Waals surface area contributed by atoms with Gasteiger partial charge in [-0.05, 0) is 23.8 Å². The predicted octanol–water partition coefficient (Wildman–Crippen LogP) is 3.48. The largest absolute Gasteiger partial charge is 0.368 e. The van der Waals surface area contributed by atoms with Gasteiger partial charge in [-0.25, -0.2) is 4.98 Å². The molecule has 0 atom stereocenters. The van der Waals surface area contributed by atoms with Crippen LogP contribution in [-0.2, 0) is 6.54 Å². The molecule has 0 aliphatic rings. The van der Waals surface area contributed by atoms with Gasteiger partial charge in [0.05, 0.1) is 5.52 Å². The highest BCUT2D eigenvalue weighted by atomic mass is 35.5. The maximum atomic E-state index is 6.14. The van der Waals surface area contributed by atoms with E-state index >= 15 is 0 Å². The Morgan fingerprint density at radius 2 is 1.75 bits per heavy atom. The number of nitrogen functional groups attached to an aromatic ring is 1. The number of hydrogen-bond donors (Lipinski definition) is 2. The summed E-state index contributed by atoms with van der Waals surface area (Å²) in [4.78, 5) is 8.47. The molecule has 20 heavy (non-hydrogen) atoms. The lowest BCUT2D eigenvalue weighted by Crippen LogP contribution is -2.05. The Hall–Kier alpha value is -2.33. The predicted molar refractivity (Wildman–Crippen MR) is 82.7 cm³/mol. The molecule has 1 aromatic heterocycles. The molecular weight excluding hydrogens is 272 g/mol. The van der Waals surface area contributed by atoms with Crippen LogP contribution in [0.1, 0.15) is 5.56 Å². The molecule has 0 saturated carbocycles. The van der Waals surface area contributed by atoms with Crippen molar-refractivity contribution >= 4 is 34.3 Å². The van der Waals surface area contributed by atoms with E-state index in [1.165, 1.54) is 0 Å². The maximum Gasteiger partial charge on any atom is 0.222 e. The van der Waals surface area contributed by atoms with E-state index in [0.29, 0.717) is 12.4 Å². The zero-order valence-corrected chi connectivity index (χ0v) is 11.4. The maximum absolute atomic E-state index is 6.14. The molecule has 0 fully saturated rings. The number of nitrogens with zero attached hydrogens (tertiary/aromatic N) is 2. The number of hydrogen-bond acceptors (Lipinski definition) is 4. The fourth-order valence-electron chi connectivity index (χ4n) is 2.05. The summed E-state index contributed by atoms with van der Waals surface area (Å²) < 4.78 is 0. The van der Waals surface area contributed by atoms with Crippen molar-refractivity contribution in [2.75, 3.05) is 11.1 Å². The molecule has 0 spiro atoms. The van der Waals surface area contributed by atoms with Gasteiger partial charge in [0, 0.05) is 17.0 Å². The topological polar surface area (TPSA) is 63.8 Å². The van der Waals surface area contributed by atoms with E-state index in [1.807, 2.05) is 48.5 Å². The number of fused-ring (bicyclic) bond motifs is 1. The average Bonchev–Trinajstić information content (AvgIpc) is 2.46. The number of rotatable bonds is 3. The molecule has 4 nitrogen and oxygen atoms in total. The number of nitrogens with two attached hydrogens (primary N) is 1. The van der Waals surface area contributed by atoms with Gasteiger partial charge in [0.25, 0.3) is 0 Å². The first-order valence-electron chi connectivity index (χ1n) is 6.23. The van der Waals surface area contributed by atoms with E-state index < -0.39 is 0 Å². The molecule has 100 valence electrons. The van der Waals surface area contributed by atoms with Gasteiger partial charge in [0.15, 0.2) is 0 Å². The summed E-state index contributed by atoms with van der Waals surface area (Å²) >= 11 is 6.14. The van der Waals surface area contributed by atoms with E-state index in [4.69, 9.17) is 17.3 Å². The van der Waals surface area contributed by atoms with E-state index in [0.717, 1.165) is 21.5 Å². The lowest BCUT2D eigenvalue weighted by atomic mass is 10.2. The van der Waals surface area contributed by atoms with Crippen LogP contribution in [0.15, 0.2) is 48.5 Å². The van der Waals surface area contributed by atoms with Gasteiger partial charge in [-0.2, -0.15) is 4.98 Å². The lowest BCUT2D eigenvalue weighted by Gasteiger charge is -2.10. The van der Waals surface area contributed by atoms with Gasteiger partial charge in [-0.15, -0.1) is 0 Å². The molecule has 3 aromatic rings. The molecule has 5 heteroatoms. The average molecular weight is 285 g/mol. The van der Waals surface area contributed by atoms with Gasteiger partial charge < -0.3 is 11.1 Å². The molecule has 0 aliphatic carbocycles. The van der Waals surface area contributed by atoms with Gasteiger partial charge in [-0.1, -0.05) is 41.9 Å². The Morgan fingerprint density at radius 3 is 2.60 bits per heavy atom. The van der Waals surface area contributed by atoms with Crippen molar-refractivity contribution in [2.45, 2.75) is 6.54 Å². The van der Waals surface area contributed by atoms with Crippen molar-refractivity contribution in [2.24, 2.45) is 0 Å². The molecule has 0 amide bonds. The van der Waals surface area contributed by atoms with Crippen molar-refractivity contribution in [3.8, 4) is 0 Å². The quantitative estimate of drug-likeness (QED) is 0.773. The van der Waals surface area contributed by atoms with E-state index in [-0.39, 0.29) is 5.95 Å². The standard InChI is InChI=1S/C15H13ClN4/c16-12-7-3-1-5-10(12)9-18-14-11-6-2-4-8-13(11)19-15(17)20-14/h1-8H,9H2,(H3,17,18,19,20). The van der Waals surface area contributed by atoms with Crippen LogP contribution in [0.3, 0.4) is 0 Å².